The van der Waals surface area contributed by atoms with Gasteiger partial charge in [0.15, 0.2) is 5.13 Å². The van der Waals surface area contributed by atoms with E-state index in [9.17, 15) is 4.79 Å². The maximum Gasteiger partial charge on any atom is 0.317 e. The van der Waals surface area contributed by atoms with Gasteiger partial charge in [0.05, 0.1) is 5.69 Å². The number of anilines is 1. The standard InChI is InChI=1S/C18H24N4OS/c1-21(13-15-7-3-2-4-8-15)17(23)19-10-9-16-14-24-18(20-16)22-11-5-6-12-22/h2-4,7-8,14H,5-6,9-13H2,1H3,(H,19,23). The minimum absolute atomic E-state index is 0.0474. The van der Waals surface area contributed by atoms with Gasteiger partial charge in [0, 0.05) is 45.0 Å². The van der Waals surface area contributed by atoms with Crippen LogP contribution in [-0.2, 0) is 13.0 Å². The summed E-state index contributed by atoms with van der Waals surface area (Å²) in [4.78, 5) is 20.9. The minimum atomic E-state index is -0.0474. The summed E-state index contributed by atoms with van der Waals surface area (Å²) in [5.74, 6) is 0. The lowest BCUT2D eigenvalue weighted by Crippen LogP contribution is -2.37. The molecule has 1 aliphatic rings. The Morgan fingerprint density at radius 3 is 2.79 bits per heavy atom. The van der Waals surface area contributed by atoms with Crippen molar-refractivity contribution in [3.63, 3.8) is 0 Å². The Labute approximate surface area is 147 Å². The molecule has 0 saturated carbocycles. The van der Waals surface area contributed by atoms with Crippen LogP contribution in [0.3, 0.4) is 0 Å². The van der Waals surface area contributed by atoms with E-state index < -0.39 is 0 Å². The number of carbonyl (C=O) groups excluding carboxylic acids is 1. The van der Waals surface area contributed by atoms with Crippen LogP contribution in [0, 0.1) is 0 Å². The van der Waals surface area contributed by atoms with E-state index >= 15 is 0 Å². The van der Waals surface area contributed by atoms with Gasteiger partial charge in [0.2, 0.25) is 0 Å². The molecule has 1 aromatic heterocycles. The van der Waals surface area contributed by atoms with E-state index in [0.717, 1.165) is 35.9 Å². The number of rotatable bonds is 6. The van der Waals surface area contributed by atoms with Gasteiger partial charge in [-0.15, -0.1) is 11.3 Å². The summed E-state index contributed by atoms with van der Waals surface area (Å²) in [6.45, 7) is 3.46. The van der Waals surface area contributed by atoms with Gasteiger partial charge in [-0.3, -0.25) is 0 Å². The van der Waals surface area contributed by atoms with Gasteiger partial charge in [0.25, 0.3) is 0 Å². The molecule has 1 N–H and O–H groups in total. The van der Waals surface area contributed by atoms with E-state index in [1.807, 2.05) is 37.4 Å². The Bertz CT molecular complexity index is 652. The molecule has 1 fully saturated rings. The summed E-state index contributed by atoms with van der Waals surface area (Å²) < 4.78 is 0. The highest BCUT2D eigenvalue weighted by Crippen LogP contribution is 2.24. The maximum atomic E-state index is 12.1. The predicted octanol–water partition coefficient (Wildman–Crippen LogP) is 3.13. The second kappa shape index (κ2) is 8.15. The average molecular weight is 344 g/mol. The van der Waals surface area contributed by atoms with Crippen LogP contribution in [0.25, 0.3) is 0 Å². The number of amides is 2. The number of nitrogens with zero attached hydrogens (tertiary/aromatic N) is 3. The van der Waals surface area contributed by atoms with Crippen molar-refractivity contribution in [2.24, 2.45) is 0 Å². The Morgan fingerprint density at radius 2 is 2.04 bits per heavy atom. The van der Waals surface area contributed by atoms with Crippen LogP contribution >= 0.6 is 11.3 Å². The Morgan fingerprint density at radius 1 is 1.29 bits per heavy atom. The molecule has 2 amide bonds. The molecule has 1 aromatic carbocycles. The SMILES string of the molecule is CN(Cc1ccccc1)C(=O)NCCc1csc(N2CCCC2)n1. The van der Waals surface area contributed by atoms with Gasteiger partial charge in [0.1, 0.15) is 0 Å². The van der Waals surface area contributed by atoms with E-state index in [2.05, 4.69) is 20.6 Å². The van der Waals surface area contributed by atoms with Crippen LogP contribution in [-0.4, -0.2) is 42.6 Å². The molecule has 0 radical (unpaired) electrons. The Kier molecular flexibility index (Phi) is 5.69. The number of nitrogens with one attached hydrogen (secondary N) is 1. The van der Waals surface area contributed by atoms with E-state index in [-0.39, 0.29) is 6.03 Å². The number of thiazole rings is 1. The van der Waals surface area contributed by atoms with Crippen LogP contribution in [0.2, 0.25) is 0 Å². The molecule has 1 saturated heterocycles. The van der Waals surface area contributed by atoms with Crippen LogP contribution in [0.15, 0.2) is 35.7 Å². The summed E-state index contributed by atoms with van der Waals surface area (Å²) in [6.07, 6.45) is 3.30. The van der Waals surface area contributed by atoms with Crippen molar-refractivity contribution in [3.8, 4) is 0 Å². The Hall–Kier alpha value is -2.08. The first kappa shape index (κ1) is 16.8. The third kappa shape index (κ3) is 4.47. The third-order valence-electron chi connectivity index (χ3n) is 4.18. The third-order valence-corrected chi connectivity index (χ3v) is 5.13. The van der Waals surface area contributed by atoms with E-state index in [1.54, 1.807) is 16.2 Å². The summed E-state index contributed by atoms with van der Waals surface area (Å²) in [5, 5.41) is 6.19. The molecular formula is C18H24N4OS. The summed E-state index contributed by atoms with van der Waals surface area (Å²) in [6, 6.07) is 9.96. The van der Waals surface area contributed by atoms with Gasteiger partial charge >= 0.3 is 6.03 Å². The highest BCUT2D eigenvalue weighted by molar-refractivity contribution is 7.13. The molecule has 1 aliphatic heterocycles. The second-order valence-corrected chi connectivity index (χ2v) is 6.98. The lowest BCUT2D eigenvalue weighted by Gasteiger charge is -2.17. The molecule has 2 heterocycles. The zero-order chi connectivity index (χ0) is 16.8. The van der Waals surface area contributed by atoms with Crippen molar-refractivity contribution in [1.82, 2.24) is 15.2 Å². The minimum Gasteiger partial charge on any atom is -0.348 e. The van der Waals surface area contributed by atoms with Crippen LogP contribution in [0.1, 0.15) is 24.1 Å². The van der Waals surface area contributed by atoms with Crippen molar-refractivity contribution in [2.75, 3.05) is 31.6 Å². The number of hydrogen-bond acceptors (Lipinski definition) is 4. The summed E-state index contributed by atoms with van der Waals surface area (Å²) in [5.41, 5.74) is 2.19. The van der Waals surface area contributed by atoms with E-state index in [1.165, 1.54) is 12.8 Å². The highest BCUT2D eigenvalue weighted by atomic mass is 32.1. The van der Waals surface area contributed by atoms with Gasteiger partial charge in [-0.2, -0.15) is 0 Å². The highest BCUT2D eigenvalue weighted by Gasteiger charge is 2.15. The molecule has 3 rings (SSSR count). The lowest BCUT2D eigenvalue weighted by atomic mass is 10.2. The quantitative estimate of drug-likeness (QED) is 0.876. The zero-order valence-corrected chi connectivity index (χ0v) is 14.9. The molecule has 0 bridgehead atoms. The van der Waals surface area contributed by atoms with Crippen molar-refractivity contribution < 1.29 is 4.79 Å². The fourth-order valence-electron chi connectivity index (χ4n) is 2.83. The van der Waals surface area contributed by atoms with E-state index in [0.29, 0.717) is 13.1 Å². The molecule has 5 nitrogen and oxygen atoms in total. The van der Waals surface area contributed by atoms with Gasteiger partial charge in [-0.1, -0.05) is 30.3 Å². The topological polar surface area (TPSA) is 48.5 Å². The first-order chi connectivity index (χ1) is 11.7. The van der Waals surface area contributed by atoms with Gasteiger partial charge < -0.3 is 15.1 Å². The predicted molar refractivity (Wildman–Crippen MR) is 98.6 cm³/mol. The molecule has 0 spiro atoms. The largest absolute Gasteiger partial charge is 0.348 e. The Balaban J connectivity index is 1.41. The maximum absolute atomic E-state index is 12.1. The second-order valence-electron chi connectivity index (χ2n) is 6.14. The molecule has 0 atom stereocenters. The van der Waals surface area contributed by atoms with Crippen molar-refractivity contribution >= 4 is 22.5 Å². The fourth-order valence-corrected chi connectivity index (χ4v) is 3.74. The van der Waals surface area contributed by atoms with Gasteiger partial charge in [-0.25, -0.2) is 9.78 Å². The molecule has 0 aliphatic carbocycles. The van der Waals surface area contributed by atoms with Crippen LogP contribution in [0.5, 0.6) is 0 Å². The summed E-state index contributed by atoms with van der Waals surface area (Å²) in [7, 11) is 1.82. The molecule has 128 valence electrons. The number of benzene rings is 1. The van der Waals surface area contributed by atoms with Crippen LogP contribution < -0.4 is 10.2 Å². The van der Waals surface area contributed by atoms with Crippen molar-refractivity contribution in [1.29, 1.82) is 0 Å². The number of carbonyl (C=O) groups is 1. The average Bonchev–Trinajstić information content (AvgIpc) is 3.27. The number of hydrogen-bond donors (Lipinski definition) is 1. The molecule has 2 aromatic rings. The molecule has 0 unspecified atom stereocenters. The lowest BCUT2D eigenvalue weighted by molar-refractivity contribution is 0.207. The first-order valence-corrected chi connectivity index (χ1v) is 9.32. The number of urea groups is 1. The van der Waals surface area contributed by atoms with Crippen molar-refractivity contribution in [3.05, 3.63) is 47.0 Å². The zero-order valence-electron chi connectivity index (χ0n) is 14.1. The smallest absolute Gasteiger partial charge is 0.317 e. The molecule has 24 heavy (non-hydrogen) atoms. The first-order valence-electron chi connectivity index (χ1n) is 8.44. The molecular weight excluding hydrogens is 320 g/mol. The van der Waals surface area contributed by atoms with E-state index in [4.69, 9.17) is 0 Å². The fraction of sp³-hybridized carbons (Fsp3) is 0.444. The monoisotopic (exact) mass is 344 g/mol. The normalized spacial score (nSPS) is 14.0. The summed E-state index contributed by atoms with van der Waals surface area (Å²) >= 11 is 1.71. The van der Waals surface area contributed by atoms with Gasteiger partial charge in [-0.05, 0) is 18.4 Å². The molecule has 6 heteroatoms. The van der Waals surface area contributed by atoms with Crippen molar-refractivity contribution in [2.45, 2.75) is 25.8 Å². The van der Waals surface area contributed by atoms with Crippen LogP contribution in [0.4, 0.5) is 9.93 Å². The number of aromatic nitrogens is 1.